The van der Waals surface area contributed by atoms with Crippen molar-refractivity contribution in [2.75, 3.05) is 33.3 Å². The van der Waals surface area contributed by atoms with Crippen LogP contribution in [-0.2, 0) is 18.0 Å². The fraction of sp³-hybridized carbons (Fsp3) is 0.304. The summed E-state index contributed by atoms with van der Waals surface area (Å²) in [5, 5.41) is 11.3. The largest absolute Gasteiger partial charge is 0.478 e. The molecule has 1 fully saturated rings. The van der Waals surface area contributed by atoms with Crippen molar-refractivity contribution >= 4 is 40.6 Å². The van der Waals surface area contributed by atoms with Crippen LogP contribution in [0.2, 0.25) is 5.02 Å². The Hall–Kier alpha value is -3.12. The molecule has 4 rings (SSSR count). The number of rotatable bonds is 7. The van der Waals surface area contributed by atoms with Gasteiger partial charge in [0.25, 0.3) is 5.91 Å². The zero-order valence-electron chi connectivity index (χ0n) is 18.9. The van der Waals surface area contributed by atoms with Crippen molar-refractivity contribution in [3.05, 3.63) is 74.4 Å². The summed E-state index contributed by atoms with van der Waals surface area (Å²) in [5.41, 5.74) is 0.598. The number of piperazine rings is 1. The summed E-state index contributed by atoms with van der Waals surface area (Å²) in [4.78, 5) is 37.8. The first-order valence-corrected chi connectivity index (χ1v) is 12.0. The number of aromatic carboxylic acids is 1. The molecule has 0 atom stereocenters. The van der Waals surface area contributed by atoms with Crippen LogP contribution in [0.3, 0.4) is 0 Å². The summed E-state index contributed by atoms with van der Waals surface area (Å²) >= 11 is 7.20. The number of methoxy groups -OCH3 is 1. The van der Waals surface area contributed by atoms with E-state index in [0.717, 1.165) is 0 Å². The van der Waals surface area contributed by atoms with Gasteiger partial charge in [-0.15, -0.1) is 11.3 Å². The van der Waals surface area contributed by atoms with E-state index in [1.54, 1.807) is 22.6 Å². The molecule has 184 valence electrons. The van der Waals surface area contributed by atoms with Crippen LogP contribution in [-0.4, -0.2) is 69.6 Å². The highest BCUT2D eigenvalue weighted by Crippen LogP contribution is 2.21. The van der Waals surface area contributed by atoms with E-state index in [2.05, 4.69) is 14.9 Å². The van der Waals surface area contributed by atoms with Crippen molar-refractivity contribution in [3.8, 4) is 0 Å². The standard InChI is InChI=1S/C23H23ClFN5O4S/c1-34-14-30-9-10-35-23(30)27-19-12-15(22(32)33)11-16(26-19)13-28-5-7-29(8-6-28)21(31)17-3-2-4-18(24)20(17)25/h2-4,9-12H,5-8,13-14H2,1H3,(H,32,33). The maximum absolute atomic E-state index is 14.3. The van der Waals surface area contributed by atoms with Gasteiger partial charge in [0.1, 0.15) is 6.73 Å². The minimum absolute atomic E-state index is 0.0488. The molecular weight excluding hydrogens is 497 g/mol. The number of hydrogen-bond acceptors (Lipinski definition) is 7. The molecule has 1 aliphatic rings. The molecule has 0 radical (unpaired) electrons. The Morgan fingerprint density at radius 3 is 2.74 bits per heavy atom. The molecule has 0 aliphatic carbocycles. The number of hydrogen-bond donors (Lipinski definition) is 1. The molecule has 9 nitrogen and oxygen atoms in total. The molecule has 12 heteroatoms. The molecule has 0 unspecified atom stereocenters. The number of nitrogens with zero attached hydrogens (tertiary/aromatic N) is 5. The molecule has 1 aromatic carbocycles. The number of amides is 1. The molecule has 1 saturated heterocycles. The third kappa shape index (κ3) is 5.93. The van der Waals surface area contributed by atoms with E-state index >= 15 is 0 Å². The SMILES string of the molecule is COCn1ccsc1=Nc1cc(C(=O)O)cc(CN2CCN(C(=O)c3cccc(Cl)c3F)CC2)n1. The minimum Gasteiger partial charge on any atom is -0.478 e. The molecule has 0 saturated carbocycles. The number of carbonyl (C=O) groups excluding carboxylic acids is 1. The maximum atomic E-state index is 14.3. The predicted octanol–water partition coefficient (Wildman–Crippen LogP) is 3.23. The maximum Gasteiger partial charge on any atom is 0.335 e. The Balaban J connectivity index is 1.48. The van der Waals surface area contributed by atoms with Gasteiger partial charge in [-0.25, -0.2) is 19.2 Å². The molecule has 1 aliphatic heterocycles. The zero-order valence-corrected chi connectivity index (χ0v) is 20.4. The van der Waals surface area contributed by atoms with Crippen LogP contribution in [0.5, 0.6) is 0 Å². The number of aromatic nitrogens is 2. The summed E-state index contributed by atoms with van der Waals surface area (Å²) in [6.45, 7) is 2.55. The van der Waals surface area contributed by atoms with Gasteiger partial charge >= 0.3 is 5.97 Å². The highest BCUT2D eigenvalue weighted by atomic mass is 35.5. The molecule has 1 N–H and O–H groups in total. The summed E-state index contributed by atoms with van der Waals surface area (Å²) in [6.07, 6.45) is 1.82. The molecule has 3 aromatic rings. The van der Waals surface area contributed by atoms with E-state index in [1.807, 2.05) is 11.6 Å². The number of carboxylic acid groups (broad SMARTS) is 1. The van der Waals surface area contributed by atoms with Crippen LogP contribution >= 0.6 is 22.9 Å². The number of halogens is 2. The molecule has 0 spiro atoms. The number of benzene rings is 1. The molecule has 0 bridgehead atoms. The Bertz CT molecular complexity index is 1300. The van der Waals surface area contributed by atoms with Crippen LogP contribution in [0.25, 0.3) is 0 Å². The third-order valence-corrected chi connectivity index (χ3v) is 6.56. The summed E-state index contributed by atoms with van der Waals surface area (Å²) in [5.74, 6) is -1.90. The molecular formula is C23H23ClFN5O4S. The van der Waals surface area contributed by atoms with Gasteiger partial charge in [0.2, 0.25) is 0 Å². The molecule has 3 heterocycles. The first-order chi connectivity index (χ1) is 16.9. The second-order valence-electron chi connectivity index (χ2n) is 7.87. The van der Waals surface area contributed by atoms with E-state index < -0.39 is 17.7 Å². The lowest BCUT2D eigenvalue weighted by Crippen LogP contribution is -2.48. The van der Waals surface area contributed by atoms with Gasteiger partial charge in [-0.3, -0.25) is 14.3 Å². The van der Waals surface area contributed by atoms with Crippen molar-refractivity contribution in [1.29, 1.82) is 0 Å². The second-order valence-corrected chi connectivity index (χ2v) is 9.15. The van der Waals surface area contributed by atoms with Gasteiger partial charge in [-0.1, -0.05) is 17.7 Å². The quantitative estimate of drug-likeness (QED) is 0.514. The zero-order chi connectivity index (χ0) is 24.9. The normalized spacial score (nSPS) is 14.9. The summed E-state index contributed by atoms with van der Waals surface area (Å²) in [6, 6.07) is 7.33. The number of pyridine rings is 1. The van der Waals surface area contributed by atoms with Crippen molar-refractivity contribution in [1.82, 2.24) is 19.4 Å². The second kappa shape index (κ2) is 11.1. The lowest BCUT2D eigenvalue weighted by atomic mass is 10.1. The van der Waals surface area contributed by atoms with Crippen LogP contribution in [0.4, 0.5) is 10.2 Å². The van der Waals surface area contributed by atoms with Gasteiger partial charge in [0.05, 0.1) is 21.8 Å². The van der Waals surface area contributed by atoms with Gasteiger partial charge in [0.15, 0.2) is 16.4 Å². The fourth-order valence-electron chi connectivity index (χ4n) is 3.73. The highest BCUT2D eigenvalue weighted by molar-refractivity contribution is 7.07. The molecule has 2 aromatic heterocycles. The third-order valence-electron chi connectivity index (χ3n) is 5.48. The molecule has 35 heavy (non-hydrogen) atoms. The van der Waals surface area contributed by atoms with Crippen molar-refractivity contribution in [2.24, 2.45) is 4.99 Å². The van der Waals surface area contributed by atoms with Crippen molar-refractivity contribution < 1.29 is 23.8 Å². The van der Waals surface area contributed by atoms with Crippen LogP contribution in [0, 0.1) is 5.82 Å². The van der Waals surface area contributed by atoms with E-state index in [0.29, 0.717) is 49.9 Å². The first kappa shape index (κ1) is 25.0. The van der Waals surface area contributed by atoms with Crippen molar-refractivity contribution in [2.45, 2.75) is 13.3 Å². The average Bonchev–Trinajstić information content (AvgIpc) is 3.27. The van der Waals surface area contributed by atoms with Crippen LogP contribution < -0.4 is 4.80 Å². The fourth-order valence-corrected chi connectivity index (χ4v) is 4.63. The smallest absolute Gasteiger partial charge is 0.335 e. The van der Waals surface area contributed by atoms with E-state index in [4.69, 9.17) is 16.3 Å². The number of carbonyl (C=O) groups is 2. The summed E-state index contributed by atoms with van der Waals surface area (Å²) in [7, 11) is 1.58. The number of thiazole rings is 1. The van der Waals surface area contributed by atoms with Gasteiger partial charge in [-0.05, 0) is 24.3 Å². The Kier molecular flexibility index (Phi) is 7.91. The Morgan fingerprint density at radius 2 is 2.03 bits per heavy atom. The first-order valence-electron chi connectivity index (χ1n) is 10.7. The number of carboxylic acids is 1. The van der Waals surface area contributed by atoms with Crippen LogP contribution in [0.15, 0.2) is 46.9 Å². The van der Waals surface area contributed by atoms with Crippen molar-refractivity contribution in [3.63, 3.8) is 0 Å². The van der Waals surface area contributed by atoms with Gasteiger partial charge < -0.3 is 14.7 Å². The lowest BCUT2D eigenvalue weighted by molar-refractivity contribution is 0.0620. The summed E-state index contributed by atoms with van der Waals surface area (Å²) < 4.78 is 21.2. The lowest BCUT2D eigenvalue weighted by Gasteiger charge is -2.34. The van der Waals surface area contributed by atoms with E-state index in [-0.39, 0.29) is 22.0 Å². The topological polar surface area (TPSA) is 100 Å². The predicted molar refractivity (Wildman–Crippen MR) is 128 cm³/mol. The van der Waals surface area contributed by atoms with Gasteiger partial charge in [-0.2, -0.15) is 0 Å². The van der Waals surface area contributed by atoms with E-state index in [1.165, 1.54) is 35.6 Å². The number of ether oxygens (including phenoxy) is 1. The monoisotopic (exact) mass is 519 g/mol. The molecule has 1 amide bonds. The van der Waals surface area contributed by atoms with E-state index in [9.17, 15) is 19.1 Å². The van der Waals surface area contributed by atoms with Gasteiger partial charge in [0, 0.05) is 51.4 Å². The Morgan fingerprint density at radius 1 is 1.26 bits per heavy atom. The highest BCUT2D eigenvalue weighted by Gasteiger charge is 2.25. The minimum atomic E-state index is -1.07. The average molecular weight is 520 g/mol. The van der Waals surface area contributed by atoms with Crippen LogP contribution in [0.1, 0.15) is 26.4 Å². The Labute approximate surface area is 209 Å².